The number of ether oxygens (including phenoxy) is 1. The van der Waals surface area contributed by atoms with E-state index in [0.717, 1.165) is 4.88 Å². The number of thiophene rings is 1. The zero-order chi connectivity index (χ0) is 18.9. The van der Waals surface area contributed by atoms with Crippen LogP contribution in [0.15, 0.2) is 35.8 Å². The van der Waals surface area contributed by atoms with Gasteiger partial charge in [0, 0.05) is 17.6 Å². The van der Waals surface area contributed by atoms with Gasteiger partial charge in [-0.1, -0.05) is 17.7 Å². The Morgan fingerprint density at radius 3 is 2.77 bits per heavy atom. The topological polar surface area (TPSA) is 88.6 Å². The molecule has 2 aromatic heterocycles. The molecule has 0 saturated carbocycles. The number of carbonyl (C=O) groups is 3. The minimum atomic E-state index is -0.741. The van der Waals surface area contributed by atoms with Crippen LogP contribution >= 0.6 is 22.9 Å². The lowest BCUT2D eigenvalue weighted by molar-refractivity contribution is -0.138. The molecule has 0 aliphatic heterocycles. The van der Waals surface area contributed by atoms with Crippen LogP contribution in [-0.2, 0) is 20.9 Å². The van der Waals surface area contributed by atoms with Crippen molar-refractivity contribution in [2.45, 2.75) is 13.5 Å². The second kappa shape index (κ2) is 9.88. The molecule has 138 valence electrons. The molecule has 0 aliphatic rings. The van der Waals surface area contributed by atoms with Gasteiger partial charge in [-0.25, -0.2) is 9.78 Å². The van der Waals surface area contributed by atoms with Crippen LogP contribution in [0.2, 0.25) is 5.15 Å². The van der Waals surface area contributed by atoms with E-state index in [0.29, 0.717) is 13.1 Å². The number of esters is 1. The van der Waals surface area contributed by atoms with E-state index in [1.165, 1.54) is 28.5 Å². The van der Waals surface area contributed by atoms with Crippen LogP contribution in [0.4, 0.5) is 0 Å². The van der Waals surface area contributed by atoms with Crippen LogP contribution < -0.4 is 5.32 Å². The number of aromatic nitrogens is 1. The summed E-state index contributed by atoms with van der Waals surface area (Å²) in [5.41, 5.74) is 0.0821. The van der Waals surface area contributed by atoms with Gasteiger partial charge in [-0.3, -0.25) is 9.59 Å². The molecule has 0 radical (unpaired) electrons. The molecular formula is C17H18ClN3O4S. The summed E-state index contributed by atoms with van der Waals surface area (Å²) in [6.07, 6.45) is 1.44. The number of pyridine rings is 1. The largest absolute Gasteiger partial charge is 0.452 e. The number of nitrogens with one attached hydrogen (secondary N) is 1. The van der Waals surface area contributed by atoms with Crippen molar-refractivity contribution in [3.8, 4) is 0 Å². The number of nitrogens with zero attached hydrogens (tertiary/aromatic N) is 2. The van der Waals surface area contributed by atoms with Crippen molar-refractivity contribution >= 4 is 40.7 Å². The highest BCUT2D eigenvalue weighted by molar-refractivity contribution is 7.09. The standard InChI is InChI=1S/C17H18ClN3O4S/c1-2-21(10-14(22)20-9-12-5-4-8-26-12)15(23)11-25-17(24)13-6-3-7-19-16(13)18/h3-8H,2,9-11H2,1H3,(H,20,22). The van der Waals surface area contributed by atoms with Crippen LogP contribution in [-0.4, -0.2) is 47.4 Å². The third-order valence-corrected chi connectivity index (χ3v) is 4.59. The summed E-state index contributed by atoms with van der Waals surface area (Å²) in [4.78, 5) is 42.2. The lowest BCUT2D eigenvalue weighted by atomic mass is 10.3. The molecule has 0 bridgehead atoms. The summed E-state index contributed by atoms with van der Waals surface area (Å²) in [6.45, 7) is 1.89. The summed E-state index contributed by atoms with van der Waals surface area (Å²) in [5.74, 6) is -1.49. The molecule has 26 heavy (non-hydrogen) atoms. The minimum absolute atomic E-state index is 0.00486. The van der Waals surface area contributed by atoms with Crippen molar-refractivity contribution in [3.05, 3.63) is 51.4 Å². The predicted octanol–water partition coefficient (Wildman–Crippen LogP) is 2.12. The molecule has 0 spiro atoms. The second-order valence-corrected chi connectivity index (χ2v) is 6.57. The van der Waals surface area contributed by atoms with Crippen LogP contribution in [0.5, 0.6) is 0 Å². The molecule has 2 amide bonds. The number of carbonyl (C=O) groups excluding carboxylic acids is 3. The molecule has 1 N–H and O–H groups in total. The van der Waals surface area contributed by atoms with E-state index in [1.807, 2.05) is 17.5 Å². The van der Waals surface area contributed by atoms with E-state index in [2.05, 4.69) is 10.3 Å². The van der Waals surface area contributed by atoms with E-state index >= 15 is 0 Å². The first-order valence-corrected chi connectivity index (χ1v) is 9.11. The van der Waals surface area contributed by atoms with E-state index < -0.39 is 18.5 Å². The maximum Gasteiger partial charge on any atom is 0.341 e. The number of rotatable bonds is 8. The number of hydrogen-bond acceptors (Lipinski definition) is 6. The smallest absolute Gasteiger partial charge is 0.341 e. The predicted molar refractivity (Wildman–Crippen MR) is 97.9 cm³/mol. The van der Waals surface area contributed by atoms with Crippen LogP contribution in [0.3, 0.4) is 0 Å². The second-order valence-electron chi connectivity index (χ2n) is 5.18. The first-order chi connectivity index (χ1) is 12.5. The summed E-state index contributed by atoms with van der Waals surface area (Å²) >= 11 is 7.35. The molecule has 2 aromatic rings. The number of amides is 2. The maximum atomic E-state index is 12.2. The average molecular weight is 396 g/mol. The number of hydrogen-bond donors (Lipinski definition) is 1. The Balaban J connectivity index is 1.81. The van der Waals surface area contributed by atoms with Gasteiger partial charge in [0.2, 0.25) is 5.91 Å². The van der Waals surface area contributed by atoms with E-state index in [4.69, 9.17) is 16.3 Å². The third kappa shape index (κ3) is 5.82. The van der Waals surface area contributed by atoms with Crippen molar-refractivity contribution in [1.82, 2.24) is 15.2 Å². The number of likely N-dealkylation sites (N-methyl/N-ethyl adjacent to an activating group) is 1. The molecule has 2 heterocycles. The Bertz CT molecular complexity index is 767. The van der Waals surface area contributed by atoms with Gasteiger partial charge in [-0.2, -0.15) is 0 Å². The van der Waals surface area contributed by atoms with Gasteiger partial charge < -0.3 is 15.0 Å². The highest BCUT2D eigenvalue weighted by Crippen LogP contribution is 2.12. The highest BCUT2D eigenvalue weighted by atomic mass is 35.5. The Labute approximate surface area is 159 Å². The molecule has 0 unspecified atom stereocenters. The quantitative estimate of drug-likeness (QED) is 0.546. The zero-order valence-electron chi connectivity index (χ0n) is 14.1. The fourth-order valence-corrected chi connectivity index (χ4v) is 2.88. The fourth-order valence-electron chi connectivity index (χ4n) is 2.04. The van der Waals surface area contributed by atoms with E-state index in [-0.39, 0.29) is 23.2 Å². The average Bonchev–Trinajstić information content (AvgIpc) is 3.16. The van der Waals surface area contributed by atoms with Gasteiger partial charge in [0.1, 0.15) is 5.15 Å². The molecular weight excluding hydrogens is 378 g/mol. The fraction of sp³-hybridized carbons (Fsp3) is 0.294. The lowest BCUT2D eigenvalue weighted by Crippen LogP contribution is -2.42. The highest BCUT2D eigenvalue weighted by Gasteiger charge is 2.19. The summed E-state index contributed by atoms with van der Waals surface area (Å²) < 4.78 is 4.97. The Hall–Kier alpha value is -2.45. The Morgan fingerprint density at radius 2 is 2.12 bits per heavy atom. The molecule has 0 aliphatic carbocycles. The van der Waals surface area contributed by atoms with Gasteiger partial charge in [0.25, 0.3) is 5.91 Å². The van der Waals surface area contributed by atoms with Crippen molar-refractivity contribution in [1.29, 1.82) is 0 Å². The third-order valence-electron chi connectivity index (χ3n) is 3.41. The Kier molecular flexibility index (Phi) is 7.55. The number of halogens is 1. The van der Waals surface area contributed by atoms with Crippen LogP contribution in [0.1, 0.15) is 22.2 Å². The van der Waals surface area contributed by atoms with Crippen molar-refractivity contribution < 1.29 is 19.1 Å². The van der Waals surface area contributed by atoms with Gasteiger partial charge in [0.15, 0.2) is 6.61 Å². The maximum absolute atomic E-state index is 12.2. The van der Waals surface area contributed by atoms with Crippen molar-refractivity contribution in [2.75, 3.05) is 19.7 Å². The van der Waals surface area contributed by atoms with Gasteiger partial charge in [0.05, 0.1) is 18.7 Å². The minimum Gasteiger partial charge on any atom is -0.452 e. The SMILES string of the molecule is CCN(CC(=O)NCc1cccs1)C(=O)COC(=O)c1cccnc1Cl. The molecule has 0 atom stereocenters. The van der Waals surface area contributed by atoms with Gasteiger partial charge in [-0.15, -0.1) is 11.3 Å². The molecule has 2 rings (SSSR count). The zero-order valence-corrected chi connectivity index (χ0v) is 15.7. The molecule has 0 fully saturated rings. The molecule has 0 aromatic carbocycles. The monoisotopic (exact) mass is 395 g/mol. The summed E-state index contributed by atoms with van der Waals surface area (Å²) in [6, 6.07) is 6.81. The van der Waals surface area contributed by atoms with E-state index in [1.54, 1.807) is 13.0 Å². The first kappa shape index (κ1) is 19.9. The van der Waals surface area contributed by atoms with Gasteiger partial charge in [-0.05, 0) is 30.5 Å². The van der Waals surface area contributed by atoms with Gasteiger partial charge >= 0.3 is 5.97 Å². The van der Waals surface area contributed by atoms with Crippen molar-refractivity contribution in [3.63, 3.8) is 0 Å². The Morgan fingerprint density at radius 1 is 1.31 bits per heavy atom. The van der Waals surface area contributed by atoms with E-state index in [9.17, 15) is 14.4 Å². The summed E-state index contributed by atoms with van der Waals surface area (Å²) in [7, 11) is 0. The molecule has 9 heteroatoms. The lowest BCUT2D eigenvalue weighted by Gasteiger charge is -2.20. The molecule has 0 saturated heterocycles. The normalized spacial score (nSPS) is 10.2. The molecule has 7 nitrogen and oxygen atoms in total. The first-order valence-electron chi connectivity index (χ1n) is 7.85. The van der Waals surface area contributed by atoms with Crippen LogP contribution in [0.25, 0.3) is 0 Å². The van der Waals surface area contributed by atoms with Crippen LogP contribution in [0, 0.1) is 0 Å². The summed E-state index contributed by atoms with van der Waals surface area (Å²) in [5, 5.41) is 4.67. The van der Waals surface area contributed by atoms with Crippen molar-refractivity contribution in [2.24, 2.45) is 0 Å².